The molecule has 1 aromatic carbocycles. The number of hydrogen-bond acceptors (Lipinski definition) is 5. The molecule has 2 amide bonds. The van der Waals surface area contributed by atoms with Gasteiger partial charge in [-0.2, -0.15) is 9.98 Å². The molecule has 1 unspecified atom stereocenters. The largest absolute Gasteiger partial charge is 0.341 e. The minimum atomic E-state index is -4.01. The summed E-state index contributed by atoms with van der Waals surface area (Å²) in [7, 11) is -4.01. The van der Waals surface area contributed by atoms with Gasteiger partial charge in [-0.05, 0) is 67.0 Å². The highest BCUT2D eigenvalue weighted by Crippen LogP contribution is 2.24. The molecule has 1 fully saturated rings. The smallest absolute Gasteiger partial charge is 0.241 e. The van der Waals surface area contributed by atoms with Crippen LogP contribution in [0.3, 0.4) is 0 Å². The molecule has 0 spiro atoms. The molecule has 2 aromatic rings. The van der Waals surface area contributed by atoms with Crippen LogP contribution in [0.2, 0.25) is 0 Å². The number of piperidine rings is 1. The molecule has 0 bridgehead atoms. The average Bonchev–Trinajstić information content (AvgIpc) is 3.33. The van der Waals surface area contributed by atoms with Crippen molar-refractivity contribution >= 4 is 21.8 Å². The van der Waals surface area contributed by atoms with Crippen molar-refractivity contribution in [2.45, 2.75) is 63.6 Å². The predicted molar refractivity (Wildman–Crippen MR) is 134 cm³/mol. The summed E-state index contributed by atoms with van der Waals surface area (Å²) >= 11 is 0. The number of sulfonamides is 1. The van der Waals surface area contributed by atoms with Crippen molar-refractivity contribution in [3.63, 3.8) is 0 Å². The quantitative estimate of drug-likeness (QED) is 0.612. The van der Waals surface area contributed by atoms with E-state index in [-0.39, 0.29) is 23.1 Å². The van der Waals surface area contributed by atoms with Gasteiger partial charge >= 0.3 is 0 Å². The van der Waals surface area contributed by atoms with E-state index in [1.165, 1.54) is 6.92 Å². The second-order valence-electron chi connectivity index (χ2n) is 9.79. The van der Waals surface area contributed by atoms with Crippen LogP contribution in [0.15, 0.2) is 41.4 Å². The molecule has 0 saturated carbocycles. The lowest BCUT2D eigenvalue weighted by atomic mass is 9.98. The molecule has 2 aliphatic heterocycles. The van der Waals surface area contributed by atoms with Crippen molar-refractivity contribution < 1.29 is 18.0 Å². The minimum Gasteiger partial charge on any atom is -0.341 e. The third-order valence-corrected chi connectivity index (χ3v) is 8.71. The van der Waals surface area contributed by atoms with E-state index in [0.29, 0.717) is 50.8 Å². The Morgan fingerprint density at radius 3 is 2.58 bits per heavy atom. The van der Waals surface area contributed by atoms with Crippen molar-refractivity contribution in [1.82, 2.24) is 19.1 Å². The number of carbonyl (C=O) groups excluding carboxylic acids is 2. The summed E-state index contributed by atoms with van der Waals surface area (Å²) in [5, 5.41) is 9.31. The van der Waals surface area contributed by atoms with Gasteiger partial charge in [-0.1, -0.05) is 13.0 Å². The van der Waals surface area contributed by atoms with E-state index >= 15 is 0 Å². The molecule has 1 N–H and O–H groups in total. The van der Waals surface area contributed by atoms with E-state index in [9.17, 15) is 23.3 Å². The normalized spacial score (nSPS) is 17.4. The zero-order valence-corrected chi connectivity index (χ0v) is 21.6. The van der Waals surface area contributed by atoms with E-state index in [1.807, 2.05) is 0 Å². The first kappa shape index (κ1) is 25.9. The van der Waals surface area contributed by atoms with Gasteiger partial charge in [0.15, 0.2) is 0 Å². The molecule has 9 nitrogen and oxygen atoms in total. The third-order valence-electron chi connectivity index (χ3n) is 7.24. The summed E-state index contributed by atoms with van der Waals surface area (Å²) in [4.78, 5) is 28.8. The Hall–Kier alpha value is -3.16. The minimum absolute atomic E-state index is 0.0460. The van der Waals surface area contributed by atoms with Gasteiger partial charge in [0.05, 0.1) is 4.90 Å². The molecule has 0 aliphatic carbocycles. The van der Waals surface area contributed by atoms with Crippen molar-refractivity contribution in [1.29, 1.82) is 5.26 Å². The number of carbonyl (C=O) groups is 2. The number of nitrogens with zero attached hydrogens (tertiary/aromatic N) is 4. The fourth-order valence-corrected chi connectivity index (χ4v) is 6.16. The van der Waals surface area contributed by atoms with Crippen molar-refractivity contribution in [3.8, 4) is 6.07 Å². The first-order valence-electron chi connectivity index (χ1n) is 12.4. The predicted octanol–water partition coefficient (Wildman–Crippen LogP) is 2.26. The van der Waals surface area contributed by atoms with Gasteiger partial charge in [-0.3, -0.25) is 9.59 Å². The Morgan fingerprint density at radius 2 is 1.89 bits per heavy atom. The van der Waals surface area contributed by atoms with Gasteiger partial charge < -0.3 is 14.4 Å². The molecule has 1 aromatic heterocycles. The molecule has 1 saturated heterocycles. The van der Waals surface area contributed by atoms with Gasteiger partial charge in [0.25, 0.3) is 0 Å². The van der Waals surface area contributed by atoms with Crippen LogP contribution in [0, 0.1) is 17.2 Å². The fraction of sp³-hybridized carbons (Fsp3) is 0.500. The van der Waals surface area contributed by atoms with E-state index in [2.05, 4.69) is 17.7 Å². The second-order valence-corrected chi connectivity index (χ2v) is 11.5. The number of nitriles is 1. The topological polar surface area (TPSA) is 116 Å². The van der Waals surface area contributed by atoms with Crippen LogP contribution in [0.25, 0.3) is 0 Å². The molecular formula is C26H33N5O4S. The lowest BCUT2D eigenvalue weighted by Gasteiger charge is -2.33. The number of nitrogens with one attached hydrogen (secondary N) is 1. The summed E-state index contributed by atoms with van der Waals surface area (Å²) in [5.41, 5.74) is 2.29. The Bertz CT molecular complexity index is 1270. The summed E-state index contributed by atoms with van der Waals surface area (Å²) in [6.45, 7) is 6.18. The zero-order chi connectivity index (χ0) is 25.9. The summed E-state index contributed by atoms with van der Waals surface area (Å²) in [6, 6.07) is 9.56. The maximum Gasteiger partial charge on any atom is 0.241 e. The highest BCUT2D eigenvalue weighted by atomic mass is 32.2. The molecule has 10 heteroatoms. The van der Waals surface area contributed by atoms with Crippen LogP contribution >= 0.6 is 0 Å². The summed E-state index contributed by atoms with van der Waals surface area (Å²) in [5.74, 6) is 0.250. The average molecular weight is 512 g/mol. The van der Waals surface area contributed by atoms with E-state index in [1.54, 1.807) is 50.9 Å². The Kier molecular flexibility index (Phi) is 7.81. The lowest BCUT2D eigenvalue weighted by Crippen LogP contribution is -2.51. The van der Waals surface area contributed by atoms with Crippen LogP contribution in [-0.2, 0) is 39.1 Å². The molecule has 4 rings (SSSR count). The Labute approximate surface area is 212 Å². The molecule has 1 atom stereocenters. The van der Waals surface area contributed by atoms with Crippen LogP contribution in [0.5, 0.6) is 0 Å². The highest BCUT2D eigenvalue weighted by Gasteiger charge is 2.31. The number of aryl methyl sites for hydroxylation is 1. The maximum atomic E-state index is 13.5. The van der Waals surface area contributed by atoms with Gasteiger partial charge in [-0.25, -0.2) is 8.42 Å². The van der Waals surface area contributed by atoms with Crippen LogP contribution in [0.4, 0.5) is 0 Å². The van der Waals surface area contributed by atoms with E-state index in [4.69, 9.17) is 0 Å². The van der Waals surface area contributed by atoms with Gasteiger partial charge in [0.1, 0.15) is 17.8 Å². The maximum absolute atomic E-state index is 13.5. The molecular weight excluding hydrogens is 478 g/mol. The van der Waals surface area contributed by atoms with Crippen LogP contribution < -0.4 is 4.72 Å². The lowest BCUT2D eigenvalue weighted by molar-refractivity contribution is -0.134. The Morgan fingerprint density at radius 1 is 1.14 bits per heavy atom. The van der Waals surface area contributed by atoms with Gasteiger partial charge in [0.2, 0.25) is 21.8 Å². The van der Waals surface area contributed by atoms with Crippen molar-refractivity contribution in [2.75, 3.05) is 19.6 Å². The van der Waals surface area contributed by atoms with Crippen molar-refractivity contribution in [3.05, 3.63) is 53.3 Å². The first-order chi connectivity index (χ1) is 17.2. The zero-order valence-electron chi connectivity index (χ0n) is 20.8. The molecule has 2 aliphatic rings. The molecule has 3 heterocycles. The summed E-state index contributed by atoms with van der Waals surface area (Å²) in [6.07, 6.45) is 4.42. The van der Waals surface area contributed by atoms with Gasteiger partial charge in [-0.15, -0.1) is 0 Å². The number of benzene rings is 1. The second kappa shape index (κ2) is 10.8. The number of likely N-dealkylation sites (tertiary alicyclic amines) is 1. The monoisotopic (exact) mass is 511 g/mol. The van der Waals surface area contributed by atoms with Crippen molar-refractivity contribution in [2.24, 2.45) is 5.92 Å². The number of rotatable bonds is 7. The van der Waals surface area contributed by atoms with Crippen LogP contribution in [-0.4, -0.2) is 60.3 Å². The molecule has 36 heavy (non-hydrogen) atoms. The fourth-order valence-electron chi connectivity index (χ4n) is 4.89. The molecule has 0 radical (unpaired) electrons. The number of amides is 2. The standard InChI is InChI=1S/C26H33N5O4S/c1-19-7-12-30(13-8-19)26(33)25(10-15-29-11-3-4-23(29)17-27)28-36(34,35)24-6-5-21-9-14-31(20(2)32)18-22(21)16-24/h3-6,11,16,19,25,28H,7-10,12-15,18H2,1-2H3. The van der Waals surface area contributed by atoms with E-state index in [0.717, 1.165) is 24.0 Å². The van der Waals surface area contributed by atoms with Gasteiger partial charge in [0, 0.05) is 45.8 Å². The SMILES string of the molecule is CC(=O)N1CCc2ccc(S(=O)(=O)NC(CCn3cccc3C#N)C(=O)N3CCC(C)CC3)cc2C1. The third kappa shape index (κ3) is 5.79. The number of aromatic nitrogens is 1. The highest BCUT2D eigenvalue weighted by molar-refractivity contribution is 7.89. The number of hydrogen-bond donors (Lipinski definition) is 1. The van der Waals surface area contributed by atoms with Crippen LogP contribution in [0.1, 0.15) is 49.9 Å². The molecule has 192 valence electrons. The number of fused-ring (bicyclic) bond motifs is 1. The summed E-state index contributed by atoms with van der Waals surface area (Å²) < 4.78 is 31.3. The Balaban J connectivity index is 1.56. The first-order valence-corrected chi connectivity index (χ1v) is 13.9. The van der Waals surface area contributed by atoms with E-state index < -0.39 is 16.1 Å².